The van der Waals surface area contributed by atoms with Crippen molar-refractivity contribution >= 4 is 0 Å². The molecule has 0 aliphatic carbocycles. The van der Waals surface area contributed by atoms with Gasteiger partial charge in [-0.1, -0.05) is 56.3 Å². The molecule has 0 saturated carbocycles. The molecule has 1 unspecified atom stereocenters. The van der Waals surface area contributed by atoms with E-state index in [1.165, 1.54) is 5.56 Å². The number of rotatable bonds is 6. The molecule has 0 spiro atoms. The van der Waals surface area contributed by atoms with Crippen LogP contribution in [0.15, 0.2) is 54.6 Å². The Morgan fingerprint density at radius 1 is 1.00 bits per heavy atom. The van der Waals surface area contributed by atoms with Crippen LogP contribution in [-0.4, -0.2) is 11.7 Å². The Balaban J connectivity index is 1.96. The molecule has 2 aromatic carbocycles. The second-order valence-corrected chi connectivity index (χ2v) is 5.48. The molecule has 0 aromatic heterocycles. The van der Waals surface area contributed by atoms with E-state index in [9.17, 15) is 5.11 Å². The van der Waals surface area contributed by atoms with Crippen molar-refractivity contribution in [1.82, 2.24) is 0 Å². The summed E-state index contributed by atoms with van der Waals surface area (Å²) in [5.74, 6) is 1.40. The second kappa shape index (κ2) is 7.11. The van der Waals surface area contributed by atoms with Gasteiger partial charge in [0.1, 0.15) is 18.5 Å². The maximum Gasteiger partial charge on any atom is 0.119 e. The molecule has 106 valence electrons. The summed E-state index contributed by atoms with van der Waals surface area (Å²) in [6.45, 7) is 4.67. The first-order valence-corrected chi connectivity index (χ1v) is 7.10. The summed E-state index contributed by atoms with van der Waals surface area (Å²) in [4.78, 5) is 0. The van der Waals surface area contributed by atoms with E-state index in [4.69, 9.17) is 4.74 Å². The Labute approximate surface area is 121 Å². The molecule has 2 nitrogen and oxygen atoms in total. The third-order valence-corrected chi connectivity index (χ3v) is 3.13. The Morgan fingerprint density at radius 3 is 2.45 bits per heavy atom. The minimum Gasteiger partial charge on any atom is -0.491 e. The molecule has 0 radical (unpaired) electrons. The van der Waals surface area contributed by atoms with Gasteiger partial charge >= 0.3 is 0 Å². The van der Waals surface area contributed by atoms with E-state index < -0.39 is 6.10 Å². The quantitative estimate of drug-likeness (QED) is 0.859. The van der Waals surface area contributed by atoms with E-state index in [0.29, 0.717) is 5.92 Å². The Kier molecular flexibility index (Phi) is 5.19. The Bertz CT molecular complexity index is 520. The molecule has 0 bridgehead atoms. The molecule has 2 heteroatoms. The largest absolute Gasteiger partial charge is 0.491 e. The molecule has 0 aliphatic heterocycles. The SMILES string of the molecule is CC(C)Cc1cccc(C(O)COc2ccccc2)c1. The van der Waals surface area contributed by atoms with Crippen LogP contribution in [0.5, 0.6) is 5.75 Å². The van der Waals surface area contributed by atoms with Crippen molar-refractivity contribution < 1.29 is 9.84 Å². The van der Waals surface area contributed by atoms with E-state index in [2.05, 4.69) is 26.0 Å². The van der Waals surface area contributed by atoms with Crippen LogP contribution >= 0.6 is 0 Å². The number of hydrogen-bond donors (Lipinski definition) is 1. The van der Waals surface area contributed by atoms with E-state index in [-0.39, 0.29) is 6.61 Å². The summed E-state index contributed by atoms with van der Waals surface area (Å²) < 4.78 is 5.59. The van der Waals surface area contributed by atoms with Gasteiger partial charge in [0.15, 0.2) is 0 Å². The third kappa shape index (κ3) is 4.39. The number of aliphatic hydroxyl groups is 1. The normalized spacial score (nSPS) is 12.4. The number of para-hydroxylation sites is 1. The summed E-state index contributed by atoms with van der Waals surface area (Å²) >= 11 is 0. The van der Waals surface area contributed by atoms with Crippen molar-refractivity contribution in [3.8, 4) is 5.75 Å². The minimum atomic E-state index is -0.595. The molecule has 0 heterocycles. The van der Waals surface area contributed by atoms with Gasteiger partial charge in [-0.3, -0.25) is 0 Å². The average molecular weight is 270 g/mol. The van der Waals surface area contributed by atoms with Crippen molar-refractivity contribution in [2.45, 2.75) is 26.4 Å². The average Bonchev–Trinajstić information content (AvgIpc) is 2.45. The number of aliphatic hydroxyl groups excluding tert-OH is 1. The maximum atomic E-state index is 10.2. The van der Waals surface area contributed by atoms with Crippen LogP contribution in [-0.2, 0) is 6.42 Å². The highest BCUT2D eigenvalue weighted by molar-refractivity contribution is 5.26. The van der Waals surface area contributed by atoms with Crippen LogP contribution in [0.2, 0.25) is 0 Å². The van der Waals surface area contributed by atoms with Crippen LogP contribution in [0.1, 0.15) is 31.1 Å². The highest BCUT2D eigenvalue weighted by atomic mass is 16.5. The highest BCUT2D eigenvalue weighted by Gasteiger charge is 2.09. The monoisotopic (exact) mass is 270 g/mol. The van der Waals surface area contributed by atoms with Crippen LogP contribution in [0.3, 0.4) is 0 Å². The van der Waals surface area contributed by atoms with Crippen LogP contribution < -0.4 is 4.74 Å². The fourth-order valence-electron chi connectivity index (χ4n) is 2.19. The van der Waals surface area contributed by atoms with E-state index in [1.807, 2.05) is 42.5 Å². The van der Waals surface area contributed by atoms with E-state index in [0.717, 1.165) is 17.7 Å². The van der Waals surface area contributed by atoms with Gasteiger partial charge in [-0.15, -0.1) is 0 Å². The molecule has 0 fully saturated rings. The molecule has 0 amide bonds. The van der Waals surface area contributed by atoms with Crippen molar-refractivity contribution in [2.24, 2.45) is 5.92 Å². The van der Waals surface area contributed by atoms with Crippen molar-refractivity contribution in [1.29, 1.82) is 0 Å². The first-order chi connectivity index (χ1) is 9.65. The van der Waals surface area contributed by atoms with Crippen LogP contribution in [0.4, 0.5) is 0 Å². The predicted octanol–water partition coefficient (Wildman–Crippen LogP) is 4.00. The summed E-state index contributed by atoms with van der Waals surface area (Å²) in [6, 6.07) is 17.7. The number of ether oxygens (including phenoxy) is 1. The lowest BCUT2D eigenvalue weighted by atomic mass is 9.99. The van der Waals surface area contributed by atoms with Gasteiger partial charge in [0.05, 0.1) is 0 Å². The molecule has 1 atom stereocenters. The van der Waals surface area contributed by atoms with Gasteiger partial charge in [0.25, 0.3) is 0 Å². The van der Waals surface area contributed by atoms with Gasteiger partial charge in [0.2, 0.25) is 0 Å². The molecule has 20 heavy (non-hydrogen) atoms. The zero-order valence-electron chi connectivity index (χ0n) is 12.1. The van der Waals surface area contributed by atoms with Crippen LogP contribution in [0.25, 0.3) is 0 Å². The zero-order valence-corrected chi connectivity index (χ0v) is 12.1. The smallest absolute Gasteiger partial charge is 0.119 e. The fourth-order valence-corrected chi connectivity index (χ4v) is 2.19. The molecular weight excluding hydrogens is 248 g/mol. The highest BCUT2D eigenvalue weighted by Crippen LogP contribution is 2.18. The predicted molar refractivity (Wildman–Crippen MR) is 81.9 cm³/mol. The summed E-state index contributed by atoms with van der Waals surface area (Å²) in [6.07, 6.45) is 0.433. The van der Waals surface area contributed by atoms with Crippen molar-refractivity contribution in [3.05, 3.63) is 65.7 Å². The number of benzene rings is 2. The summed E-state index contributed by atoms with van der Waals surface area (Å²) in [5, 5.41) is 10.2. The Hall–Kier alpha value is -1.80. The lowest BCUT2D eigenvalue weighted by molar-refractivity contribution is 0.108. The van der Waals surface area contributed by atoms with Crippen molar-refractivity contribution in [3.63, 3.8) is 0 Å². The molecule has 0 saturated heterocycles. The first kappa shape index (κ1) is 14.6. The Morgan fingerprint density at radius 2 is 1.75 bits per heavy atom. The molecule has 2 rings (SSSR count). The van der Waals surface area contributed by atoms with Gasteiger partial charge < -0.3 is 9.84 Å². The van der Waals surface area contributed by atoms with Gasteiger partial charge in [0, 0.05) is 0 Å². The first-order valence-electron chi connectivity index (χ1n) is 7.10. The summed E-state index contributed by atoms with van der Waals surface area (Å²) in [5.41, 5.74) is 2.18. The van der Waals surface area contributed by atoms with E-state index >= 15 is 0 Å². The van der Waals surface area contributed by atoms with Gasteiger partial charge in [-0.2, -0.15) is 0 Å². The third-order valence-electron chi connectivity index (χ3n) is 3.13. The number of hydrogen-bond acceptors (Lipinski definition) is 2. The molecule has 2 aromatic rings. The minimum absolute atomic E-state index is 0.273. The summed E-state index contributed by atoms with van der Waals surface area (Å²) in [7, 11) is 0. The maximum absolute atomic E-state index is 10.2. The molecule has 0 aliphatic rings. The van der Waals surface area contributed by atoms with Crippen LogP contribution in [0, 0.1) is 5.92 Å². The fraction of sp³-hybridized carbons (Fsp3) is 0.333. The van der Waals surface area contributed by atoms with Crippen molar-refractivity contribution in [2.75, 3.05) is 6.61 Å². The molecule has 1 N–H and O–H groups in total. The topological polar surface area (TPSA) is 29.5 Å². The van der Waals surface area contributed by atoms with Gasteiger partial charge in [-0.25, -0.2) is 0 Å². The second-order valence-electron chi connectivity index (χ2n) is 5.48. The molecular formula is C18H22O2. The van der Waals surface area contributed by atoms with Gasteiger partial charge in [-0.05, 0) is 35.6 Å². The van der Waals surface area contributed by atoms with E-state index in [1.54, 1.807) is 0 Å². The standard InChI is InChI=1S/C18H22O2/c1-14(2)11-15-7-6-8-16(12-15)18(19)13-20-17-9-4-3-5-10-17/h3-10,12,14,18-19H,11,13H2,1-2H3. The zero-order chi connectivity index (χ0) is 14.4. The lowest BCUT2D eigenvalue weighted by Crippen LogP contribution is -2.10. The lowest BCUT2D eigenvalue weighted by Gasteiger charge is -2.14.